The van der Waals surface area contributed by atoms with E-state index in [0.29, 0.717) is 5.02 Å². The highest BCUT2D eigenvalue weighted by atomic mass is 35.5. The first kappa shape index (κ1) is 19.4. The van der Waals surface area contributed by atoms with Gasteiger partial charge in [0.05, 0.1) is 17.5 Å². The van der Waals surface area contributed by atoms with Crippen molar-refractivity contribution < 1.29 is 17.9 Å². The molecular weight excluding hydrogens is 362 g/mol. The molecule has 0 aliphatic carbocycles. The number of carbonyl (C=O) groups is 1. The fourth-order valence-corrected chi connectivity index (χ4v) is 3.06. The Morgan fingerprint density at radius 2 is 1.80 bits per heavy atom. The summed E-state index contributed by atoms with van der Waals surface area (Å²) in [5.41, 5.74) is 1.63. The summed E-state index contributed by atoms with van der Waals surface area (Å²) >= 11 is 6.03. The van der Waals surface area contributed by atoms with E-state index in [4.69, 9.17) is 16.3 Å². The minimum atomic E-state index is -3.23. The van der Waals surface area contributed by atoms with Crippen LogP contribution in [0.5, 0.6) is 0 Å². The van der Waals surface area contributed by atoms with Crippen LogP contribution < -0.4 is 5.32 Å². The zero-order chi connectivity index (χ0) is 18.4. The molecule has 2 rings (SSSR count). The Labute approximate surface area is 152 Å². The number of nitrogens with one attached hydrogen (secondary N) is 1. The number of rotatable bonds is 7. The maximum absolute atomic E-state index is 12.0. The van der Waals surface area contributed by atoms with E-state index < -0.39 is 9.84 Å². The molecule has 0 aliphatic rings. The first-order chi connectivity index (χ1) is 11.8. The first-order valence-corrected chi connectivity index (χ1v) is 9.95. The van der Waals surface area contributed by atoms with Crippen molar-refractivity contribution in [3.63, 3.8) is 0 Å². The van der Waals surface area contributed by atoms with Crippen LogP contribution in [-0.2, 0) is 26.0 Å². The van der Waals surface area contributed by atoms with E-state index >= 15 is 0 Å². The highest BCUT2D eigenvalue weighted by molar-refractivity contribution is 7.90. The van der Waals surface area contributed by atoms with Crippen LogP contribution in [0.15, 0.2) is 53.4 Å². The minimum Gasteiger partial charge on any atom is -0.367 e. The number of hydrogen-bond donors (Lipinski definition) is 1. The fourth-order valence-electron chi connectivity index (χ4n) is 2.24. The molecule has 1 unspecified atom stereocenters. The van der Waals surface area contributed by atoms with Crippen molar-refractivity contribution in [2.45, 2.75) is 24.5 Å². The van der Waals surface area contributed by atoms with Crippen LogP contribution in [0.4, 0.5) is 0 Å². The highest BCUT2D eigenvalue weighted by Crippen LogP contribution is 2.17. The fraction of sp³-hybridized carbons (Fsp3) is 0.278. The molecule has 0 fully saturated rings. The van der Waals surface area contributed by atoms with Crippen LogP contribution in [0.3, 0.4) is 0 Å². The second-order valence-corrected chi connectivity index (χ2v) is 8.14. The SMILES string of the molecule is CC(NC(=O)COCc1ccccc1Cl)c1ccc(S(C)(=O)=O)cc1. The topological polar surface area (TPSA) is 72.5 Å². The molecule has 0 saturated carbocycles. The predicted octanol–water partition coefficient (Wildman–Crippen LogP) is 3.14. The number of halogens is 1. The zero-order valence-electron chi connectivity index (χ0n) is 14.0. The molecule has 0 bridgehead atoms. The van der Waals surface area contributed by atoms with Crippen LogP contribution in [0.2, 0.25) is 5.02 Å². The van der Waals surface area contributed by atoms with E-state index in [1.807, 2.05) is 25.1 Å². The maximum atomic E-state index is 12.0. The lowest BCUT2D eigenvalue weighted by molar-refractivity contribution is -0.126. The third kappa shape index (κ3) is 5.85. The van der Waals surface area contributed by atoms with Crippen LogP contribution >= 0.6 is 11.6 Å². The maximum Gasteiger partial charge on any atom is 0.246 e. The van der Waals surface area contributed by atoms with Gasteiger partial charge >= 0.3 is 0 Å². The third-order valence-electron chi connectivity index (χ3n) is 3.63. The van der Waals surface area contributed by atoms with E-state index in [0.717, 1.165) is 17.4 Å². The second-order valence-electron chi connectivity index (χ2n) is 5.71. The van der Waals surface area contributed by atoms with Gasteiger partial charge in [-0.05, 0) is 36.2 Å². The molecule has 1 amide bonds. The molecule has 0 heterocycles. The summed E-state index contributed by atoms with van der Waals surface area (Å²) in [6, 6.07) is 13.5. The summed E-state index contributed by atoms with van der Waals surface area (Å²) in [7, 11) is -3.23. The van der Waals surface area contributed by atoms with Crippen molar-refractivity contribution >= 4 is 27.3 Å². The smallest absolute Gasteiger partial charge is 0.246 e. The second kappa shape index (κ2) is 8.47. The Hall–Kier alpha value is -1.89. The molecule has 5 nitrogen and oxygen atoms in total. The zero-order valence-corrected chi connectivity index (χ0v) is 15.6. The van der Waals surface area contributed by atoms with Gasteiger partial charge in [-0.3, -0.25) is 4.79 Å². The molecule has 0 aromatic heterocycles. The molecule has 1 N–H and O–H groups in total. The molecule has 2 aromatic rings. The first-order valence-electron chi connectivity index (χ1n) is 7.68. The lowest BCUT2D eigenvalue weighted by Gasteiger charge is -2.15. The summed E-state index contributed by atoms with van der Waals surface area (Å²) in [6.45, 7) is 1.99. The van der Waals surface area contributed by atoms with Gasteiger partial charge < -0.3 is 10.1 Å². The number of carbonyl (C=O) groups excluding carboxylic acids is 1. The Bertz CT molecular complexity index is 834. The van der Waals surface area contributed by atoms with Crippen molar-refractivity contribution in [1.29, 1.82) is 0 Å². The Morgan fingerprint density at radius 3 is 2.40 bits per heavy atom. The summed E-state index contributed by atoms with van der Waals surface area (Å²) in [4.78, 5) is 12.2. The molecule has 0 aliphatic heterocycles. The number of sulfone groups is 1. The molecule has 25 heavy (non-hydrogen) atoms. The van der Waals surface area contributed by atoms with Gasteiger partial charge in [0.1, 0.15) is 6.61 Å². The molecule has 0 radical (unpaired) electrons. The quantitative estimate of drug-likeness (QED) is 0.799. The summed E-state index contributed by atoms with van der Waals surface area (Å²) < 4.78 is 28.3. The normalized spacial score (nSPS) is 12.6. The number of hydrogen-bond acceptors (Lipinski definition) is 4. The molecule has 134 valence electrons. The molecule has 7 heteroatoms. The van der Waals surface area contributed by atoms with Gasteiger partial charge in [0.2, 0.25) is 5.91 Å². The van der Waals surface area contributed by atoms with Crippen LogP contribution in [0.25, 0.3) is 0 Å². The van der Waals surface area contributed by atoms with E-state index in [9.17, 15) is 13.2 Å². The molecular formula is C18H20ClNO4S. The van der Waals surface area contributed by atoms with Gasteiger partial charge in [0.15, 0.2) is 9.84 Å². The van der Waals surface area contributed by atoms with Crippen LogP contribution in [-0.4, -0.2) is 27.2 Å². The molecule has 1 atom stereocenters. The van der Waals surface area contributed by atoms with Gasteiger partial charge in [-0.2, -0.15) is 0 Å². The van der Waals surface area contributed by atoms with Crippen molar-refractivity contribution in [1.82, 2.24) is 5.32 Å². The van der Waals surface area contributed by atoms with Gasteiger partial charge in [0, 0.05) is 11.3 Å². The minimum absolute atomic E-state index is 0.0863. The van der Waals surface area contributed by atoms with Crippen LogP contribution in [0.1, 0.15) is 24.1 Å². The van der Waals surface area contributed by atoms with E-state index in [-0.39, 0.29) is 30.1 Å². The van der Waals surface area contributed by atoms with E-state index in [1.54, 1.807) is 18.2 Å². The van der Waals surface area contributed by atoms with Gasteiger partial charge in [0.25, 0.3) is 0 Å². The largest absolute Gasteiger partial charge is 0.367 e. The van der Waals surface area contributed by atoms with Crippen molar-refractivity contribution in [3.05, 3.63) is 64.7 Å². The Balaban J connectivity index is 1.84. The standard InChI is InChI=1S/C18H20ClNO4S/c1-13(14-7-9-16(10-8-14)25(2,22)23)20-18(21)12-24-11-15-5-3-4-6-17(15)19/h3-10,13H,11-12H2,1-2H3,(H,20,21). The monoisotopic (exact) mass is 381 g/mol. The Kier molecular flexibility index (Phi) is 6.58. The average Bonchev–Trinajstić information content (AvgIpc) is 2.56. The predicted molar refractivity (Wildman–Crippen MR) is 97.2 cm³/mol. The Morgan fingerprint density at radius 1 is 1.16 bits per heavy atom. The summed E-state index contributed by atoms with van der Waals surface area (Å²) in [6.07, 6.45) is 1.16. The van der Waals surface area contributed by atoms with Crippen LogP contribution in [0, 0.1) is 0 Å². The number of ether oxygens (including phenoxy) is 1. The lowest BCUT2D eigenvalue weighted by Crippen LogP contribution is -2.30. The molecule has 2 aromatic carbocycles. The average molecular weight is 382 g/mol. The lowest BCUT2D eigenvalue weighted by atomic mass is 10.1. The van der Waals surface area contributed by atoms with Crippen molar-refractivity contribution in [2.24, 2.45) is 0 Å². The van der Waals surface area contributed by atoms with Gasteiger partial charge in [-0.25, -0.2) is 8.42 Å². The third-order valence-corrected chi connectivity index (χ3v) is 5.13. The molecule has 0 spiro atoms. The number of benzene rings is 2. The summed E-state index contributed by atoms with van der Waals surface area (Å²) in [5, 5.41) is 3.41. The van der Waals surface area contributed by atoms with E-state index in [2.05, 4.69) is 5.32 Å². The number of amides is 1. The van der Waals surface area contributed by atoms with E-state index in [1.165, 1.54) is 12.1 Å². The molecule has 0 saturated heterocycles. The van der Waals surface area contributed by atoms with Gasteiger partial charge in [-0.1, -0.05) is 41.9 Å². The van der Waals surface area contributed by atoms with Gasteiger partial charge in [-0.15, -0.1) is 0 Å². The van der Waals surface area contributed by atoms with Crippen molar-refractivity contribution in [3.8, 4) is 0 Å². The van der Waals surface area contributed by atoms with Crippen molar-refractivity contribution in [2.75, 3.05) is 12.9 Å². The highest BCUT2D eigenvalue weighted by Gasteiger charge is 2.12. The summed E-state index contributed by atoms with van der Waals surface area (Å²) in [5.74, 6) is -0.258.